The zero-order valence-corrected chi connectivity index (χ0v) is 23.8. The van der Waals surface area contributed by atoms with Gasteiger partial charge in [-0.15, -0.1) is 11.8 Å². The fourth-order valence-electron chi connectivity index (χ4n) is 4.83. The number of piperazine rings is 1. The molecule has 4 aromatic rings. The van der Waals surface area contributed by atoms with E-state index in [0.717, 1.165) is 12.1 Å². The van der Waals surface area contributed by atoms with Crippen molar-refractivity contribution in [3.63, 3.8) is 0 Å². The minimum absolute atomic E-state index is 0.00477. The number of halogens is 3. The van der Waals surface area contributed by atoms with Crippen molar-refractivity contribution in [3.05, 3.63) is 75.9 Å². The summed E-state index contributed by atoms with van der Waals surface area (Å²) in [6.07, 6.45) is 4.63. The Morgan fingerprint density at radius 2 is 2.00 bits per heavy atom. The van der Waals surface area contributed by atoms with Crippen LogP contribution >= 0.6 is 27.7 Å². The number of carbonyl (C=O) groups is 1. The molecule has 1 aliphatic heterocycles. The first-order chi connectivity index (χ1) is 19.2. The number of phenols is 1. The molecule has 1 aromatic carbocycles. The molecular weight excluding hydrogens is 606 g/mol. The average molecular weight is 629 g/mol. The summed E-state index contributed by atoms with van der Waals surface area (Å²) in [4.78, 5) is 43.1. The van der Waals surface area contributed by atoms with Crippen molar-refractivity contribution in [1.82, 2.24) is 24.4 Å². The molecule has 1 atom stereocenters. The van der Waals surface area contributed by atoms with Gasteiger partial charge in [-0.25, -0.2) is 28.1 Å². The lowest BCUT2D eigenvalue weighted by Gasteiger charge is -2.40. The third-order valence-corrected chi connectivity index (χ3v) is 8.05. The number of rotatable bonds is 5. The van der Waals surface area contributed by atoms with Gasteiger partial charge in [-0.05, 0) is 59.5 Å². The van der Waals surface area contributed by atoms with Gasteiger partial charge in [-0.3, -0.25) is 4.79 Å². The number of thioether (sulfide) groups is 1. The van der Waals surface area contributed by atoms with Gasteiger partial charge in [0, 0.05) is 36.8 Å². The Kier molecular flexibility index (Phi) is 7.60. The number of fused-ring (bicyclic) bond motifs is 1. The van der Waals surface area contributed by atoms with Gasteiger partial charge in [0.05, 0.1) is 16.6 Å². The molecule has 1 amide bonds. The highest BCUT2D eigenvalue weighted by Crippen LogP contribution is 2.37. The Bertz CT molecular complexity index is 1710. The number of anilines is 1. The minimum atomic E-state index is -0.912. The average Bonchev–Trinajstić information content (AvgIpc) is 2.93. The molecular formula is C27H23BrF2N6O3S. The standard InChI is InChI=1S/C27H23BrF2N6O3S/c1-4-20(38)34-10-11-35(14(2)13-34)25-15-12-17(30)22(21-16(29)6-5-7-18(21)37)32-26(15)36(27(39)33-25)23-19(40-3)8-9-31-24(23)28/h4-9,12,14,37H,1,10-11,13H2,2-3H3. The van der Waals surface area contributed by atoms with Crippen molar-refractivity contribution in [3.8, 4) is 22.7 Å². The minimum Gasteiger partial charge on any atom is -0.507 e. The largest absolute Gasteiger partial charge is 0.507 e. The topological polar surface area (TPSA) is 104 Å². The van der Waals surface area contributed by atoms with Gasteiger partial charge in [0.15, 0.2) is 11.5 Å². The van der Waals surface area contributed by atoms with Crippen molar-refractivity contribution in [1.29, 1.82) is 0 Å². The summed E-state index contributed by atoms with van der Waals surface area (Å²) in [5.74, 6) is -2.33. The molecule has 1 saturated heterocycles. The summed E-state index contributed by atoms with van der Waals surface area (Å²) < 4.78 is 32.1. The van der Waals surface area contributed by atoms with E-state index in [0.29, 0.717) is 34.8 Å². The molecule has 4 heterocycles. The number of nitrogens with zero attached hydrogens (tertiary/aromatic N) is 6. The van der Waals surface area contributed by atoms with Crippen LogP contribution in [-0.2, 0) is 4.79 Å². The number of aromatic hydroxyl groups is 1. The van der Waals surface area contributed by atoms with E-state index in [1.54, 1.807) is 17.2 Å². The maximum Gasteiger partial charge on any atom is 0.355 e. The van der Waals surface area contributed by atoms with Gasteiger partial charge in [0.1, 0.15) is 27.7 Å². The summed E-state index contributed by atoms with van der Waals surface area (Å²) >= 11 is 4.76. The lowest BCUT2D eigenvalue weighted by Crippen LogP contribution is -2.54. The number of aromatic nitrogens is 4. The van der Waals surface area contributed by atoms with E-state index in [1.807, 2.05) is 18.1 Å². The summed E-state index contributed by atoms with van der Waals surface area (Å²) in [6, 6.07) is 6.17. The molecule has 13 heteroatoms. The molecule has 1 N–H and O–H groups in total. The van der Waals surface area contributed by atoms with E-state index in [4.69, 9.17) is 0 Å². The molecule has 9 nitrogen and oxygen atoms in total. The third-order valence-electron chi connectivity index (χ3n) is 6.70. The smallest absolute Gasteiger partial charge is 0.355 e. The number of benzene rings is 1. The second-order valence-electron chi connectivity index (χ2n) is 9.06. The Labute approximate surface area is 240 Å². The van der Waals surface area contributed by atoms with Crippen LogP contribution in [0.3, 0.4) is 0 Å². The first-order valence-corrected chi connectivity index (χ1v) is 14.2. The molecule has 3 aromatic heterocycles. The molecule has 206 valence electrons. The Morgan fingerprint density at radius 3 is 2.67 bits per heavy atom. The number of phenolic OH excluding ortho intramolecular Hbond substituents is 1. The Morgan fingerprint density at radius 1 is 1.23 bits per heavy atom. The summed E-state index contributed by atoms with van der Waals surface area (Å²) in [5, 5.41) is 10.6. The highest BCUT2D eigenvalue weighted by Gasteiger charge is 2.31. The Balaban J connectivity index is 1.82. The third kappa shape index (κ3) is 4.73. The van der Waals surface area contributed by atoms with Crippen LogP contribution in [0.4, 0.5) is 14.6 Å². The molecule has 0 bridgehead atoms. The van der Waals surface area contributed by atoms with Crippen LogP contribution in [0, 0.1) is 11.6 Å². The van der Waals surface area contributed by atoms with Gasteiger partial charge in [-0.1, -0.05) is 12.6 Å². The highest BCUT2D eigenvalue weighted by molar-refractivity contribution is 9.10. The summed E-state index contributed by atoms with van der Waals surface area (Å²) in [6.45, 7) is 6.39. The van der Waals surface area contributed by atoms with Gasteiger partial charge >= 0.3 is 5.69 Å². The number of amides is 1. The number of hydrogen-bond acceptors (Lipinski definition) is 8. The first kappa shape index (κ1) is 27.7. The molecule has 0 radical (unpaired) electrons. The van der Waals surface area contributed by atoms with E-state index < -0.39 is 34.3 Å². The van der Waals surface area contributed by atoms with E-state index in [1.165, 1.54) is 34.5 Å². The second-order valence-corrected chi connectivity index (χ2v) is 10.7. The fourth-order valence-corrected chi connectivity index (χ4v) is 6.05. The molecule has 5 rings (SSSR count). The van der Waals surface area contributed by atoms with E-state index >= 15 is 4.39 Å². The molecule has 1 aliphatic rings. The van der Waals surface area contributed by atoms with Crippen molar-refractivity contribution in [2.24, 2.45) is 0 Å². The van der Waals surface area contributed by atoms with Gasteiger partial charge in [0.2, 0.25) is 5.91 Å². The van der Waals surface area contributed by atoms with Crippen LogP contribution in [0.1, 0.15) is 6.92 Å². The van der Waals surface area contributed by atoms with Crippen LogP contribution < -0.4 is 10.6 Å². The second kappa shape index (κ2) is 11.0. The van der Waals surface area contributed by atoms with Crippen LogP contribution in [0.15, 0.2) is 63.5 Å². The van der Waals surface area contributed by atoms with Crippen molar-refractivity contribution in [2.75, 3.05) is 30.8 Å². The predicted octanol–water partition coefficient (Wildman–Crippen LogP) is 4.53. The molecule has 0 saturated carbocycles. The monoisotopic (exact) mass is 628 g/mol. The number of carbonyl (C=O) groups excluding carboxylic acids is 1. The maximum atomic E-state index is 15.7. The molecule has 1 fully saturated rings. The molecule has 40 heavy (non-hydrogen) atoms. The van der Waals surface area contributed by atoms with Gasteiger partial charge in [-0.2, -0.15) is 4.98 Å². The normalized spacial score (nSPS) is 15.5. The zero-order chi connectivity index (χ0) is 28.7. The maximum absolute atomic E-state index is 15.7. The number of hydrogen-bond donors (Lipinski definition) is 1. The van der Waals surface area contributed by atoms with Crippen molar-refractivity contribution >= 4 is 50.5 Å². The van der Waals surface area contributed by atoms with Crippen LogP contribution in [-0.4, -0.2) is 67.4 Å². The van der Waals surface area contributed by atoms with Crippen LogP contribution in [0.5, 0.6) is 5.75 Å². The molecule has 1 unspecified atom stereocenters. The van der Waals surface area contributed by atoms with E-state index in [9.17, 15) is 19.1 Å². The predicted molar refractivity (Wildman–Crippen MR) is 153 cm³/mol. The lowest BCUT2D eigenvalue weighted by molar-refractivity contribution is -0.126. The van der Waals surface area contributed by atoms with Gasteiger partial charge < -0.3 is 14.9 Å². The van der Waals surface area contributed by atoms with Crippen molar-refractivity contribution in [2.45, 2.75) is 17.9 Å². The molecule has 0 aliphatic carbocycles. The van der Waals surface area contributed by atoms with Gasteiger partial charge in [0.25, 0.3) is 0 Å². The lowest BCUT2D eigenvalue weighted by atomic mass is 10.1. The highest BCUT2D eigenvalue weighted by atomic mass is 79.9. The Hall–Kier alpha value is -3.84. The number of pyridine rings is 2. The van der Waals surface area contributed by atoms with E-state index in [-0.39, 0.29) is 28.8 Å². The summed E-state index contributed by atoms with van der Waals surface area (Å²) in [7, 11) is 0. The first-order valence-electron chi connectivity index (χ1n) is 12.1. The van der Waals surface area contributed by atoms with Crippen LogP contribution in [0.25, 0.3) is 28.0 Å². The zero-order valence-electron chi connectivity index (χ0n) is 21.4. The fraction of sp³-hybridized carbons (Fsp3) is 0.222. The quantitative estimate of drug-likeness (QED) is 0.195. The van der Waals surface area contributed by atoms with Crippen molar-refractivity contribution < 1.29 is 18.7 Å². The molecule has 0 spiro atoms. The van der Waals surface area contributed by atoms with E-state index in [2.05, 4.69) is 37.5 Å². The SMILES string of the molecule is C=CC(=O)N1CCN(c2nc(=O)n(-c3c(SC)ccnc3Br)c3nc(-c4c(O)cccc4F)c(F)cc23)C(C)C1. The summed E-state index contributed by atoms with van der Waals surface area (Å²) in [5.41, 5.74) is -1.28. The van der Waals surface area contributed by atoms with Crippen LogP contribution in [0.2, 0.25) is 0 Å².